The van der Waals surface area contributed by atoms with Gasteiger partial charge in [-0.2, -0.15) is 5.10 Å². The van der Waals surface area contributed by atoms with E-state index in [1.165, 1.54) is 11.8 Å². The molecule has 0 aliphatic heterocycles. The van der Waals surface area contributed by atoms with E-state index in [2.05, 4.69) is 15.4 Å². The van der Waals surface area contributed by atoms with Crippen LogP contribution >= 0.6 is 23.4 Å². The number of hydrogen-bond donors (Lipinski definition) is 1. The summed E-state index contributed by atoms with van der Waals surface area (Å²) in [5, 5.41) is 8.61. The first kappa shape index (κ1) is 16.5. The smallest absolute Gasteiger partial charge is 0.235 e. The molecule has 5 nitrogen and oxygen atoms in total. The maximum Gasteiger partial charge on any atom is 0.235 e. The summed E-state index contributed by atoms with van der Waals surface area (Å²) in [5.41, 5.74) is 0.946. The second kappa shape index (κ2) is 7.99. The Morgan fingerprint density at radius 3 is 2.75 bits per heavy atom. The Kier molecular flexibility index (Phi) is 5.51. The predicted octanol–water partition coefficient (Wildman–Crippen LogP) is 3.71. The number of benzene rings is 1. The van der Waals surface area contributed by atoms with Crippen LogP contribution in [-0.4, -0.2) is 26.4 Å². The molecule has 0 saturated carbocycles. The van der Waals surface area contributed by atoms with Gasteiger partial charge in [0.2, 0.25) is 5.91 Å². The zero-order chi connectivity index (χ0) is 16.8. The van der Waals surface area contributed by atoms with E-state index in [9.17, 15) is 4.79 Å². The number of pyridine rings is 1. The van der Waals surface area contributed by atoms with E-state index in [0.29, 0.717) is 17.4 Å². The van der Waals surface area contributed by atoms with Gasteiger partial charge in [0.05, 0.1) is 23.5 Å². The molecular weight excluding hydrogens is 344 g/mol. The Balaban J connectivity index is 1.61. The van der Waals surface area contributed by atoms with Gasteiger partial charge in [-0.15, -0.1) is 0 Å². The topological polar surface area (TPSA) is 59.8 Å². The summed E-state index contributed by atoms with van der Waals surface area (Å²) >= 11 is 7.57. The van der Waals surface area contributed by atoms with Crippen LogP contribution in [0.5, 0.6) is 0 Å². The maximum atomic E-state index is 12.1. The fourth-order valence-corrected chi connectivity index (χ4v) is 2.96. The lowest BCUT2D eigenvalue weighted by atomic mass is 10.2. The summed E-state index contributed by atoms with van der Waals surface area (Å²) in [5.74, 6) is 0.821. The normalized spacial score (nSPS) is 10.5. The number of rotatable bonds is 6. The zero-order valence-electron chi connectivity index (χ0n) is 12.7. The van der Waals surface area contributed by atoms with Crippen LogP contribution in [0, 0.1) is 0 Å². The molecule has 0 fully saturated rings. The molecule has 0 unspecified atom stereocenters. The molecule has 24 heavy (non-hydrogen) atoms. The first-order valence-electron chi connectivity index (χ1n) is 7.31. The average molecular weight is 359 g/mol. The van der Waals surface area contributed by atoms with Crippen LogP contribution in [-0.2, 0) is 11.3 Å². The monoisotopic (exact) mass is 358 g/mol. The van der Waals surface area contributed by atoms with Crippen LogP contribution in [0.15, 0.2) is 66.0 Å². The van der Waals surface area contributed by atoms with Gasteiger partial charge in [0, 0.05) is 17.3 Å². The van der Waals surface area contributed by atoms with Gasteiger partial charge in [-0.05, 0) is 23.8 Å². The van der Waals surface area contributed by atoms with Crippen LogP contribution < -0.4 is 5.32 Å². The molecule has 1 N–H and O–H groups in total. The van der Waals surface area contributed by atoms with Crippen molar-refractivity contribution in [3.05, 3.63) is 71.5 Å². The molecule has 7 heteroatoms. The average Bonchev–Trinajstić information content (AvgIpc) is 3.03. The maximum absolute atomic E-state index is 12.1. The summed E-state index contributed by atoms with van der Waals surface area (Å²) in [4.78, 5) is 16.3. The number of nitrogens with one attached hydrogen (secondary N) is 1. The molecule has 0 saturated heterocycles. The summed E-state index contributed by atoms with van der Waals surface area (Å²) in [6.07, 6.45) is 3.36. The van der Waals surface area contributed by atoms with Gasteiger partial charge >= 0.3 is 0 Å². The minimum absolute atomic E-state index is 0.105. The Bertz CT molecular complexity index is 822. The molecule has 0 spiro atoms. The molecule has 2 aromatic heterocycles. The molecule has 1 aromatic carbocycles. The molecule has 0 aliphatic rings. The van der Waals surface area contributed by atoms with E-state index >= 15 is 0 Å². The lowest BCUT2D eigenvalue weighted by molar-refractivity contribution is -0.113. The first-order valence-corrected chi connectivity index (χ1v) is 8.67. The lowest BCUT2D eigenvalue weighted by Crippen LogP contribution is -2.18. The van der Waals surface area contributed by atoms with E-state index in [1.54, 1.807) is 23.1 Å². The van der Waals surface area contributed by atoms with Crippen molar-refractivity contribution >= 4 is 35.1 Å². The fraction of sp³-hybridized carbons (Fsp3) is 0.118. The van der Waals surface area contributed by atoms with E-state index in [0.717, 1.165) is 10.6 Å². The minimum Gasteiger partial charge on any atom is -0.310 e. The Hall–Kier alpha value is -2.31. The highest BCUT2D eigenvalue weighted by Gasteiger charge is 2.10. The van der Waals surface area contributed by atoms with Crippen LogP contribution in [0.2, 0.25) is 5.02 Å². The van der Waals surface area contributed by atoms with Crippen LogP contribution in [0.3, 0.4) is 0 Å². The van der Waals surface area contributed by atoms with Crippen molar-refractivity contribution in [3.63, 3.8) is 0 Å². The molecule has 0 aliphatic carbocycles. The quantitative estimate of drug-likeness (QED) is 0.682. The van der Waals surface area contributed by atoms with Crippen molar-refractivity contribution in [2.24, 2.45) is 0 Å². The third-order valence-electron chi connectivity index (χ3n) is 3.25. The Labute approximate surface area is 149 Å². The van der Waals surface area contributed by atoms with Gasteiger partial charge in [-0.25, -0.2) is 9.67 Å². The molecule has 3 aromatic rings. The van der Waals surface area contributed by atoms with Gasteiger partial charge < -0.3 is 5.32 Å². The fourth-order valence-electron chi connectivity index (χ4n) is 2.10. The highest BCUT2D eigenvalue weighted by atomic mass is 35.5. The molecule has 0 bridgehead atoms. The lowest BCUT2D eigenvalue weighted by Gasteiger charge is -2.10. The van der Waals surface area contributed by atoms with Crippen molar-refractivity contribution < 1.29 is 4.79 Å². The summed E-state index contributed by atoms with van der Waals surface area (Å²) in [6.45, 7) is 0.496. The van der Waals surface area contributed by atoms with Crippen molar-refractivity contribution in [2.75, 3.05) is 11.1 Å². The predicted molar refractivity (Wildman–Crippen MR) is 96.4 cm³/mol. The van der Waals surface area contributed by atoms with Gasteiger partial charge in [0.15, 0.2) is 0 Å². The number of carbonyl (C=O) groups is 1. The van der Waals surface area contributed by atoms with Gasteiger partial charge in [-0.1, -0.05) is 47.6 Å². The van der Waals surface area contributed by atoms with E-state index in [4.69, 9.17) is 11.6 Å². The van der Waals surface area contributed by atoms with E-state index < -0.39 is 0 Å². The second-order valence-electron chi connectivity index (χ2n) is 4.97. The molecule has 2 heterocycles. The molecule has 0 radical (unpaired) electrons. The summed E-state index contributed by atoms with van der Waals surface area (Å²) in [6, 6.07) is 15.0. The molecule has 0 atom stereocenters. The highest BCUT2D eigenvalue weighted by molar-refractivity contribution is 7.99. The summed E-state index contributed by atoms with van der Waals surface area (Å²) < 4.78 is 1.71. The highest BCUT2D eigenvalue weighted by Crippen LogP contribution is 2.19. The zero-order valence-corrected chi connectivity index (χ0v) is 14.3. The van der Waals surface area contributed by atoms with Crippen LogP contribution in [0.4, 0.5) is 5.82 Å². The number of halogens is 1. The van der Waals surface area contributed by atoms with Crippen molar-refractivity contribution in [1.29, 1.82) is 0 Å². The Morgan fingerprint density at radius 2 is 1.96 bits per heavy atom. The van der Waals surface area contributed by atoms with Crippen LogP contribution in [0.25, 0.3) is 0 Å². The third-order valence-corrected chi connectivity index (χ3v) is 4.56. The van der Waals surface area contributed by atoms with Crippen molar-refractivity contribution in [2.45, 2.75) is 11.6 Å². The van der Waals surface area contributed by atoms with Gasteiger partial charge in [0.25, 0.3) is 0 Å². The number of nitrogens with zero attached hydrogens (tertiary/aromatic N) is 3. The standard InChI is InChI=1S/C17H15ClN4OS/c18-14-6-2-1-5-13(14)11-22-15(8-10-20-22)21-16(23)12-24-17-7-3-4-9-19-17/h1-10H,11-12H2,(H,21,23). The Morgan fingerprint density at radius 1 is 1.12 bits per heavy atom. The molecule has 3 rings (SSSR count). The second-order valence-corrected chi connectivity index (χ2v) is 6.37. The van der Waals surface area contributed by atoms with Crippen molar-refractivity contribution in [3.8, 4) is 0 Å². The van der Waals surface area contributed by atoms with Gasteiger partial charge in [0.1, 0.15) is 5.82 Å². The third kappa shape index (κ3) is 4.37. The van der Waals surface area contributed by atoms with E-state index in [1.807, 2.05) is 42.5 Å². The van der Waals surface area contributed by atoms with Gasteiger partial charge in [-0.3, -0.25) is 4.79 Å². The number of hydrogen-bond acceptors (Lipinski definition) is 4. The van der Waals surface area contributed by atoms with Crippen molar-refractivity contribution in [1.82, 2.24) is 14.8 Å². The number of thioether (sulfide) groups is 1. The molecular formula is C17H15ClN4OS. The molecule has 122 valence electrons. The minimum atomic E-state index is -0.105. The summed E-state index contributed by atoms with van der Waals surface area (Å²) in [7, 11) is 0. The first-order chi connectivity index (χ1) is 11.7. The SMILES string of the molecule is O=C(CSc1ccccn1)Nc1ccnn1Cc1ccccc1Cl. The number of aromatic nitrogens is 3. The largest absolute Gasteiger partial charge is 0.310 e. The number of amides is 1. The molecule has 1 amide bonds. The van der Waals surface area contributed by atoms with Crippen LogP contribution in [0.1, 0.15) is 5.56 Å². The number of anilines is 1. The van der Waals surface area contributed by atoms with E-state index in [-0.39, 0.29) is 11.7 Å². The number of carbonyl (C=O) groups excluding carboxylic acids is 1.